The Balaban J connectivity index is 2.46. The lowest BCUT2D eigenvalue weighted by atomic mass is 9.75. The number of ether oxygens (including phenoxy) is 1. The van der Waals surface area contributed by atoms with Crippen molar-refractivity contribution in [3.05, 3.63) is 29.6 Å². The maximum atomic E-state index is 13.9. The van der Waals surface area contributed by atoms with E-state index in [9.17, 15) is 9.18 Å². The number of carbonyl (C=O) groups excluding carboxylic acids is 1. The van der Waals surface area contributed by atoms with Crippen LogP contribution in [0.4, 0.5) is 4.39 Å². The molecule has 1 aromatic rings. The van der Waals surface area contributed by atoms with E-state index in [-0.39, 0.29) is 5.56 Å². The fraction of sp³-hybridized carbons (Fsp3) is 0.500. The Kier molecular flexibility index (Phi) is 3.65. The SMILES string of the molecule is COC(=O)c1c(F)cccc1B1OC(C)(C)C(C)(C)O1. The molecule has 0 radical (unpaired) electrons. The summed E-state index contributed by atoms with van der Waals surface area (Å²) < 4.78 is 30.2. The molecule has 4 nitrogen and oxygen atoms in total. The lowest BCUT2D eigenvalue weighted by molar-refractivity contribution is 0.00578. The summed E-state index contributed by atoms with van der Waals surface area (Å²) in [6, 6.07) is 4.33. The van der Waals surface area contributed by atoms with E-state index in [1.807, 2.05) is 27.7 Å². The van der Waals surface area contributed by atoms with Gasteiger partial charge in [-0.1, -0.05) is 12.1 Å². The Hall–Kier alpha value is -1.40. The molecule has 0 saturated carbocycles. The van der Waals surface area contributed by atoms with Gasteiger partial charge in [-0.2, -0.15) is 0 Å². The molecule has 6 heteroatoms. The molecule has 1 saturated heterocycles. The Bertz CT molecular complexity index is 526. The van der Waals surface area contributed by atoms with Crippen molar-refractivity contribution in [3.8, 4) is 0 Å². The minimum Gasteiger partial charge on any atom is -0.465 e. The van der Waals surface area contributed by atoms with Crippen molar-refractivity contribution in [2.75, 3.05) is 7.11 Å². The minimum atomic E-state index is -0.801. The molecule has 1 aliphatic heterocycles. The first-order valence-electron chi connectivity index (χ1n) is 6.42. The summed E-state index contributed by atoms with van der Waals surface area (Å²) in [5.41, 5.74) is -0.918. The molecule has 1 fully saturated rings. The number of rotatable bonds is 2. The second-order valence-electron chi connectivity index (χ2n) is 5.78. The van der Waals surface area contributed by atoms with Gasteiger partial charge in [0.25, 0.3) is 0 Å². The van der Waals surface area contributed by atoms with E-state index in [1.165, 1.54) is 19.2 Å². The number of benzene rings is 1. The van der Waals surface area contributed by atoms with Gasteiger partial charge in [-0.15, -0.1) is 0 Å². The van der Waals surface area contributed by atoms with Gasteiger partial charge in [0.1, 0.15) is 5.82 Å². The predicted molar refractivity (Wildman–Crippen MR) is 73.5 cm³/mol. The minimum absolute atomic E-state index is 0.145. The highest BCUT2D eigenvalue weighted by molar-refractivity contribution is 6.63. The van der Waals surface area contributed by atoms with Gasteiger partial charge in [0.2, 0.25) is 0 Å². The third-order valence-electron chi connectivity index (χ3n) is 3.94. The van der Waals surface area contributed by atoms with Crippen LogP contribution in [0, 0.1) is 5.82 Å². The van der Waals surface area contributed by atoms with E-state index >= 15 is 0 Å². The molecule has 0 bridgehead atoms. The van der Waals surface area contributed by atoms with Gasteiger partial charge in [-0.05, 0) is 39.2 Å². The maximum absolute atomic E-state index is 13.9. The number of halogens is 1. The highest BCUT2D eigenvalue weighted by Gasteiger charge is 2.52. The third-order valence-corrected chi connectivity index (χ3v) is 3.94. The van der Waals surface area contributed by atoms with Crippen LogP contribution in [0.2, 0.25) is 0 Å². The van der Waals surface area contributed by atoms with Crippen molar-refractivity contribution in [3.63, 3.8) is 0 Å². The summed E-state index contributed by atoms with van der Waals surface area (Å²) in [7, 11) is 0.410. The zero-order valence-electron chi connectivity index (χ0n) is 12.3. The first-order chi connectivity index (χ1) is 9.19. The van der Waals surface area contributed by atoms with Gasteiger partial charge in [-0.3, -0.25) is 0 Å². The summed E-state index contributed by atoms with van der Waals surface area (Å²) in [4.78, 5) is 11.8. The van der Waals surface area contributed by atoms with E-state index in [1.54, 1.807) is 6.07 Å². The second kappa shape index (κ2) is 4.86. The number of methoxy groups -OCH3 is 1. The Morgan fingerprint density at radius 2 is 1.75 bits per heavy atom. The van der Waals surface area contributed by atoms with Crippen LogP contribution in [0.15, 0.2) is 18.2 Å². The zero-order chi connectivity index (χ0) is 15.1. The molecule has 0 atom stereocenters. The summed E-state index contributed by atoms with van der Waals surface area (Å²) in [6.45, 7) is 7.57. The largest absolute Gasteiger partial charge is 0.495 e. The number of esters is 1. The first-order valence-corrected chi connectivity index (χ1v) is 6.42. The molecule has 0 unspecified atom stereocenters. The Morgan fingerprint density at radius 3 is 2.25 bits per heavy atom. The molecule has 1 aromatic carbocycles. The van der Waals surface area contributed by atoms with E-state index in [2.05, 4.69) is 4.74 Å². The fourth-order valence-electron chi connectivity index (χ4n) is 2.02. The Morgan fingerprint density at radius 1 is 1.20 bits per heavy atom. The van der Waals surface area contributed by atoms with Gasteiger partial charge < -0.3 is 14.0 Å². The van der Waals surface area contributed by atoms with Crippen molar-refractivity contribution >= 4 is 18.6 Å². The topological polar surface area (TPSA) is 44.8 Å². The van der Waals surface area contributed by atoms with Crippen molar-refractivity contribution < 1.29 is 23.2 Å². The van der Waals surface area contributed by atoms with Crippen LogP contribution >= 0.6 is 0 Å². The van der Waals surface area contributed by atoms with Crippen LogP contribution in [-0.4, -0.2) is 31.4 Å². The molecule has 20 heavy (non-hydrogen) atoms. The molecule has 0 N–H and O–H groups in total. The van der Waals surface area contributed by atoms with Gasteiger partial charge >= 0.3 is 13.1 Å². The second-order valence-corrected chi connectivity index (χ2v) is 5.78. The van der Waals surface area contributed by atoms with Crippen LogP contribution in [0.3, 0.4) is 0 Å². The van der Waals surface area contributed by atoms with E-state index < -0.39 is 30.1 Å². The highest BCUT2D eigenvalue weighted by atomic mass is 19.1. The average molecular weight is 280 g/mol. The van der Waals surface area contributed by atoms with Crippen LogP contribution in [0.25, 0.3) is 0 Å². The summed E-state index contributed by atoms with van der Waals surface area (Å²) >= 11 is 0. The molecular formula is C14H18BFO4. The number of hydrogen-bond acceptors (Lipinski definition) is 4. The highest BCUT2D eigenvalue weighted by Crippen LogP contribution is 2.36. The summed E-state index contributed by atoms with van der Waals surface area (Å²) in [6.07, 6.45) is 0. The van der Waals surface area contributed by atoms with Gasteiger partial charge in [0.05, 0.1) is 23.9 Å². The standard InChI is InChI=1S/C14H18BFO4/c1-13(2)14(3,4)20-15(19-13)9-7-6-8-10(16)11(9)12(17)18-5/h6-8H,1-5H3. The van der Waals surface area contributed by atoms with Crippen molar-refractivity contribution in [2.45, 2.75) is 38.9 Å². The summed E-state index contributed by atoms with van der Waals surface area (Å²) in [5.74, 6) is -1.39. The van der Waals surface area contributed by atoms with Gasteiger partial charge in [0.15, 0.2) is 0 Å². The van der Waals surface area contributed by atoms with Crippen LogP contribution in [0.5, 0.6) is 0 Å². The van der Waals surface area contributed by atoms with E-state index in [4.69, 9.17) is 9.31 Å². The quantitative estimate of drug-likeness (QED) is 0.613. The molecule has 0 aromatic heterocycles. The molecule has 0 amide bonds. The van der Waals surface area contributed by atoms with Gasteiger partial charge in [-0.25, -0.2) is 9.18 Å². The smallest absolute Gasteiger partial charge is 0.465 e. The molecular weight excluding hydrogens is 262 g/mol. The van der Waals surface area contributed by atoms with E-state index in [0.29, 0.717) is 5.46 Å². The van der Waals surface area contributed by atoms with Crippen LogP contribution < -0.4 is 5.46 Å². The lowest BCUT2D eigenvalue weighted by Crippen LogP contribution is -2.41. The Labute approximate surface area is 118 Å². The first kappa shape index (κ1) is 15.0. The average Bonchev–Trinajstić information content (AvgIpc) is 2.57. The van der Waals surface area contributed by atoms with E-state index in [0.717, 1.165) is 0 Å². The zero-order valence-corrected chi connectivity index (χ0v) is 12.3. The number of hydrogen-bond donors (Lipinski definition) is 0. The third kappa shape index (κ3) is 2.34. The van der Waals surface area contributed by atoms with Crippen molar-refractivity contribution in [2.24, 2.45) is 0 Å². The molecule has 0 spiro atoms. The van der Waals surface area contributed by atoms with Crippen LogP contribution in [-0.2, 0) is 14.0 Å². The van der Waals surface area contributed by atoms with Gasteiger partial charge in [0, 0.05) is 0 Å². The van der Waals surface area contributed by atoms with Crippen molar-refractivity contribution in [1.82, 2.24) is 0 Å². The molecule has 1 aliphatic rings. The summed E-state index contributed by atoms with van der Waals surface area (Å²) in [5, 5.41) is 0. The van der Waals surface area contributed by atoms with Crippen LogP contribution in [0.1, 0.15) is 38.1 Å². The maximum Gasteiger partial charge on any atom is 0.495 e. The number of carbonyl (C=O) groups is 1. The molecule has 1 heterocycles. The molecule has 108 valence electrons. The lowest BCUT2D eigenvalue weighted by Gasteiger charge is -2.32. The monoisotopic (exact) mass is 280 g/mol. The predicted octanol–water partition coefficient (Wildman–Crippen LogP) is 1.91. The normalized spacial score (nSPS) is 20.0. The van der Waals surface area contributed by atoms with Crippen molar-refractivity contribution in [1.29, 1.82) is 0 Å². The fourth-order valence-corrected chi connectivity index (χ4v) is 2.02. The molecule has 2 rings (SSSR count). The molecule has 0 aliphatic carbocycles.